The molecule has 25 heavy (non-hydrogen) atoms. The Kier molecular flexibility index (Phi) is 7.10. The van der Waals surface area contributed by atoms with Crippen molar-refractivity contribution in [2.75, 3.05) is 32.8 Å². The van der Waals surface area contributed by atoms with Crippen molar-refractivity contribution in [1.29, 1.82) is 0 Å². The molecule has 1 heterocycles. The van der Waals surface area contributed by atoms with Gasteiger partial charge in [-0.2, -0.15) is 0 Å². The number of hydrogen-bond acceptors (Lipinski definition) is 4. The van der Waals surface area contributed by atoms with Crippen molar-refractivity contribution in [2.45, 2.75) is 39.7 Å². The van der Waals surface area contributed by atoms with Crippen molar-refractivity contribution in [2.24, 2.45) is 0 Å². The molecule has 1 fully saturated rings. The third-order valence-electron chi connectivity index (χ3n) is 4.03. The number of amides is 2. The van der Waals surface area contributed by atoms with Gasteiger partial charge in [0, 0.05) is 26.2 Å². The zero-order valence-electron chi connectivity index (χ0n) is 15.4. The molecule has 2 amide bonds. The van der Waals surface area contributed by atoms with E-state index in [4.69, 9.17) is 9.47 Å². The average Bonchev–Trinajstić information content (AvgIpc) is 2.82. The molecule has 0 atom stereocenters. The highest BCUT2D eigenvalue weighted by Gasteiger charge is 2.22. The first-order valence-electron chi connectivity index (χ1n) is 8.94. The van der Waals surface area contributed by atoms with Crippen molar-refractivity contribution < 1.29 is 19.1 Å². The van der Waals surface area contributed by atoms with E-state index in [1.165, 1.54) is 0 Å². The van der Waals surface area contributed by atoms with Crippen LogP contribution in [0, 0.1) is 0 Å². The Bertz CT molecular complexity index is 571. The highest BCUT2D eigenvalue weighted by molar-refractivity contribution is 5.79. The third kappa shape index (κ3) is 5.96. The van der Waals surface area contributed by atoms with Gasteiger partial charge >= 0.3 is 6.09 Å². The summed E-state index contributed by atoms with van der Waals surface area (Å²) in [4.78, 5) is 27.9. The van der Waals surface area contributed by atoms with Crippen molar-refractivity contribution >= 4 is 12.0 Å². The van der Waals surface area contributed by atoms with Gasteiger partial charge in [-0.3, -0.25) is 4.79 Å². The number of ether oxygens (including phenoxy) is 2. The van der Waals surface area contributed by atoms with Crippen LogP contribution in [0.2, 0.25) is 0 Å². The van der Waals surface area contributed by atoms with E-state index < -0.39 is 0 Å². The maximum atomic E-state index is 12.5. The van der Waals surface area contributed by atoms with Gasteiger partial charge in [-0.25, -0.2) is 4.79 Å². The molecule has 0 N–H and O–H groups in total. The van der Waals surface area contributed by atoms with Gasteiger partial charge in [0.1, 0.15) is 5.75 Å². The summed E-state index contributed by atoms with van der Waals surface area (Å²) in [5.74, 6) is 0.897. The Labute approximate surface area is 149 Å². The van der Waals surface area contributed by atoms with E-state index in [1.54, 1.807) is 11.8 Å². The Balaban J connectivity index is 1.87. The summed E-state index contributed by atoms with van der Waals surface area (Å²) in [6.07, 6.45) is 0.969. The molecule has 0 aromatic heterocycles. The lowest BCUT2D eigenvalue weighted by atomic mass is 10.1. The zero-order valence-corrected chi connectivity index (χ0v) is 15.4. The summed E-state index contributed by atoms with van der Waals surface area (Å²) < 4.78 is 10.7. The standard InChI is InChI=1S/C19H28N2O4/c1-4-24-19(23)21-11-5-10-20(12-13-21)18(22)14-16-6-8-17(9-7-16)25-15(2)3/h6-9,15H,4-5,10-14H2,1-3H3. The van der Waals surface area contributed by atoms with E-state index >= 15 is 0 Å². The average molecular weight is 348 g/mol. The number of carbonyl (C=O) groups is 2. The van der Waals surface area contributed by atoms with Crippen LogP contribution in [0.3, 0.4) is 0 Å². The maximum Gasteiger partial charge on any atom is 0.409 e. The van der Waals surface area contributed by atoms with Crippen LogP contribution in [0.4, 0.5) is 4.79 Å². The highest BCUT2D eigenvalue weighted by atomic mass is 16.6. The highest BCUT2D eigenvalue weighted by Crippen LogP contribution is 2.15. The Morgan fingerprint density at radius 1 is 1.04 bits per heavy atom. The lowest BCUT2D eigenvalue weighted by Crippen LogP contribution is -2.38. The van der Waals surface area contributed by atoms with Crippen LogP contribution in [0.1, 0.15) is 32.8 Å². The van der Waals surface area contributed by atoms with E-state index in [-0.39, 0.29) is 18.1 Å². The van der Waals surface area contributed by atoms with Crippen LogP contribution in [0.15, 0.2) is 24.3 Å². The summed E-state index contributed by atoms with van der Waals surface area (Å²) in [5, 5.41) is 0. The minimum Gasteiger partial charge on any atom is -0.491 e. The molecule has 1 aliphatic rings. The van der Waals surface area contributed by atoms with Crippen molar-refractivity contribution in [3.05, 3.63) is 29.8 Å². The fourth-order valence-electron chi connectivity index (χ4n) is 2.81. The van der Waals surface area contributed by atoms with E-state index in [1.807, 2.05) is 43.0 Å². The quantitative estimate of drug-likeness (QED) is 0.821. The molecule has 0 saturated carbocycles. The van der Waals surface area contributed by atoms with Gasteiger partial charge in [-0.1, -0.05) is 12.1 Å². The molecule has 6 heteroatoms. The van der Waals surface area contributed by atoms with Crippen LogP contribution in [-0.2, 0) is 16.0 Å². The van der Waals surface area contributed by atoms with Gasteiger partial charge in [0.25, 0.3) is 0 Å². The molecule has 0 bridgehead atoms. The predicted octanol–water partition coefficient (Wildman–Crippen LogP) is 2.71. The minimum absolute atomic E-state index is 0.0863. The second-order valence-electron chi connectivity index (χ2n) is 6.41. The van der Waals surface area contributed by atoms with E-state index in [9.17, 15) is 9.59 Å². The summed E-state index contributed by atoms with van der Waals surface area (Å²) in [6.45, 7) is 8.50. The fourth-order valence-corrected chi connectivity index (χ4v) is 2.81. The Morgan fingerprint density at radius 3 is 2.32 bits per heavy atom. The number of nitrogens with zero attached hydrogens (tertiary/aromatic N) is 2. The molecule has 0 unspecified atom stereocenters. The summed E-state index contributed by atoms with van der Waals surface area (Å²) >= 11 is 0. The molecule has 0 aliphatic carbocycles. The Hall–Kier alpha value is -2.24. The molecule has 0 radical (unpaired) electrons. The molecular formula is C19H28N2O4. The molecular weight excluding hydrogens is 320 g/mol. The number of hydrogen-bond donors (Lipinski definition) is 0. The van der Waals surface area contributed by atoms with Crippen LogP contribution in [-0.4, -0.2) is 60.7 Å². The first kappa shape index (κ1) is 19.1. The van der Waals surface area contributed by atoms with E-state index in [0.29, 0.717) is 39.2 Å². The lowest BCUT2D eigenvalue weighted by Gasteiger charge is -2.22. The Morgan fingerprint density at radius 2 is 1.68 bits per heavy atom. The number of benzene rings is 1. The summed E-state index contributed by atoms with van der Waals surface area (Å²) in [7, 11) is 0. The molecule has 1 aliphatic heterocycles. The van der Waals surface area contributed by atoms with Crippen molar-refractivity contribution in [1.82, 2.24) is 9.80 Å². The van der Waals surface area contributed by atoms with Gasteiger partial charge in [-0.15, -0.1) is 0 Å². The summed E-state index contributed by atoms with van der Waals surface area (Å²) in [6, 6.07) is 7.65. The van der Waals surface area contributed by atoms with Gasteiger partial charge < -0.3 is 19.3 Å². The zero-order chi connectivity index (χ0) is 18.2. The van der Waals surface area contributed by atoms with E-state index in [0.717, 1.165) is 17.7 Å². The summed E-state index contributed by atoms with van der Waals surface area (Å²) in [5.41, 5.74) is 0.965. The van der Waals surface area contributed by atoms with Gasteiger partial charge in [0.15, 0.2) is 0 Å². The molecule has 1 aromatic carbocycles. The number of rotatable bonds is 5. The SMILES string of the molecule is CCOC(=O)N1CCCN(C(=O)Cc2ccc(OC(C)C)cc2)CC1. The predicted molar refractivity (Wildman–Crippen MR) is 95.7 cm³/mol. The van der Waals surface area contributed by atoms with Gasteiger partial charge in [0.2, 0.25) is 5.91 Å². The fraction of sp³-hybridized carbons (Fsp3) is 0.579. The van der Waals surface area contributed by atoms with Crippen LogP contribution in [0.5, 0.6) is 5.75 Å². The number of carbonyl (C=O) groups excluding carboxylic acids is 2. The maximum absolute atomic E-state index is 12.5. The smallest absolute Gasteiger partial charge is 0.409 e. The molecule has 1 aromatic rings. The molecule has 1 saturated heterocycles. The van der Waals surface area contributed by atoms with Gasteiger partial charge in [0.05, 0.1) is 19.1 Å². The molecule has 0 spiro atoms. The third-order valence-corrected chi connectivity index (χ3v) is 4.03. The molecule has 138 valence electrons. The normalized spacial score (nSPS) is 15.0. The lowest BCUT2D eigenvalue weighted by molar-refractivity contribution is -0.130. The second-order valence-corrected chi connectivity index (χ2v) is 6.41. The first-order chi connectivity index (χ1) is 12.0. The van der Waals surface area contributed by atoms with Crippen molar-refractivity contribution in [3.63, 3.8) is 0 Å². The monoisotopic (exact) mass is 348 g/mol. The first-order valence-corrected chi connectivity index (χ1v) is 8.94. The topological polar surface area (TPSA) is 59.1 Å². The van der Waals surface area contributed by atoms with Gasteiger partial charge in [-0.05, 0) is 44.9 Å². The molecule has 2 rings (SSSR count). The van der Waals surface area contributed by atoms with Crippen LogP contribution >= 0.6 is 0 Å². The largest absolute Gasteiger partial charge is 0.491 e. The van der Waals surface area contributed by atoms with Crippen LogP contribution in [0.25, 0.3) is 0 Å². The second kappa shape index (κ2) is 9.30. The van der Waals surface area contributed by atoms with Crippen molar-refractivity contribution in [3.8, 4) is 5.75 Å². The van der Waals surface area contributed by atoms with E-state index in [2.05, 4.69) is 0 Å². The molecule has 6 nitrogen and oxygen atoms in total. The minimum atomic E-state index is -0.294. The van der Waals surface area contributed by atoms with Crippen LogP contribution < -0.4 is 4.74 Å².